The SMILES string of the molecule is CC(CCCC(=O)O)C(C)(C)C(=O)O. The Morgan fingerprint density at radius 2 is 1.79 bits per heavy atom. The van der Waals surface area contributed by atoms with Gasteiger partial charge in [0.15, 0.2) is 0 Å². The van der Waals surface area contributed by atoms with Crippen LogP contribution in [-0.4, -0.2) is 22.2 Å². The quantitative estimate of drug-likeness (QED) is 0.690. The van der Waals surface area contributed by atoms with E-state index in [1.54, 1.807) is 13.8 Å². The number of hydrogen-bond donors (Lipinski definition) is 2. The highest BCUT2D eigenvalue weighted by Gasteiger charge is 2.33. The highest BCUT2D eigenvalue weighted by Crippen LogP contribution is 2.30. The Morgan fingerprint density at radius 3 is 2.14 bits per heavy atom. The van der Waals surface area contributed by atoms with Gasteiger partial charge >= 0.3 is 11.9 Å². The van der Waals surface area contributed by atoms with Gasteiger partial charge in [0.25, 0.3) is 0 Å². The maximum Gasteiger partial charge on any atom is 0.309 e. The minimum atomic E-state index is -0.833. The molecule has 0 radical (unpaired) electrons. The number of aliphatic carboxylic acids is 2. The van der Waals surface area contributed by atoms with Gasteiger partial charge in [-0.3, -0.25) is 9.59 Å². The van der Waals surface area contributed by atoms with Crippen molar-refractivity contribution in [2.24, 2.45) is 11.3 Å². The molecule has 1 atom stereocenters. The van der Waals surface area contributed by atoms with Crippen molar-refractivity contribution in [2.45, 2.75) is 40.0 Å². The molecular weight excluding hydrogens is 184 g/mol. The van der Waals surface area contributed by atoms with Crippen molar-refractivity contribution in [2.75, 3.05) is 0 Å². The van der Waals surface area contributed by atoms with E-state index in [0.29, 0.717) is 12.8 Å². The summed E-state index contributed by atoms with van der Waals surface area (Å²) in [5.41, 5.74) is -0.779. The molecule has 0 aliphatic carbocycles. The minimum absolute atomic E-state index is 0.0145. The molecule has 82 valence electrons. The van der Waals surface area contributed by atoms with E-state index in [4.69, 9.17) is 10.2 Å². The van der Waals surface area contributed by atoms with E-state index in [2.05, 4.69) is 0 Å². The lowest BCUT2D eigenvalue weighted by atomic mass is 9.77. The van der Waals surface area contributed by atoms with Crippen molar-refractivity contribution in [1.29, 1.82) is 0 Å². The normalized spacial score (nSPS) is 13.6. The van der Waals surface area contributed by atoms with E-state index < -0.39 is 17.4 Å². The fourth-order valence-electron chi connectivity index (χ4n) is 1.13. The first-order valence-electron chi connectivity index (χ1n) is 4.73. The molecule has 0 aromatic carbocycles. The van der Waals surface area contributed by atoms with Gasteiger partial charge in [0.05, 0.1) is 5.41 Å². The summed E-state index contributed by atoms with van der Waals surface area (Å²) in [5, 5.41) is 17.3. The third-order valence-electron chi connectivity index (χ3n) is 2.81. The van der Waals surface area contributed by atoms with Crippen LogP contribution in [0.5, 0.6) is 0 Å². The molecule has 0 amide bonds. The molecule has 0 saturated heterocycles. The summed E-state index contributed by atoms with van der Waals surface area (Å²) in [4.78, 5) is 21.1. The molecule has 0 rings (SSSR count). The summed E-state index contributed by atoms with van der Waals surface area (Å²) in [5.74, 6) is -1.68. The van der Waals surface area contributed by atoms with Crippen molar-refractivity contribution in [3.63, 3.8) is 0 Å². The molecule has 0 spiro atoms. The third-order valence-corrected chi connectivity index (χ3v) is 2.81. The molecule has 0 bridgehead atoms. The first kappa shape index (κ1) is 12.9. The molecule has 0 saturated carbocycles. The number of carboxylic acids is 2. The minimum Gasteiger partial charge on any atom is -0.481 e. The summed E-state index contributed by atoms with van der Waals surface area (Å²) in [6, 6.07) is 0. The Bertz CT molecular complexity index is 220. The van der Waals surface area contributed by atoms with Crippen LogP contribution in [0.1, 0.15) is 40.0 Å². The Morgan fingerprint density at radius 1 is 1.29 bits per heavy atom. The van der Waals surface area contributed by atoms with E-state index in [1.165, 1.54) is 0 Å². The Balaban J connectivity index is 4.01. The van der Waals surface area contributed by atoms with Gasteiger partial charge in [-0.1, -0.05) is 6.92 Å². The van der Waals surface area contributed by atoms with E-state index >= 15 is 0 Å². The fraction of sp³-hybridized carbons (Fsp3) is 0.800. The molecule has 2 N–H and O–H groups in total. The number of rotatable bonds is 6. The average Bonchev–Trinajstić information content (AvgIpc) is 2.02. The zero-order chi connectivity index (χ0) is 11.4. The summed E-state index contributed by atoms with van der Waals surface area (Å²) in [7, 11) is 0. The second-order valence-corrected chi connectivity index (χ2v) is 4.21. The van der Waals surface area contributed by atoms with E-state index in [-0.39, 0.29) is 12.3 Å². The molecule has 0 aromatic rings. The zero-order valence-corrected chi connectivity index (χ0v) is 8.91. The molecular formula is C10H18O4. The van der Waals surface area contributed by atoms with Crippen LogP contribution in [0.2, 0.25) is 0 Å². The first-order valence-corrected chi connectivity index (χ1v) is 4.73. The first-order chi connectivity index (χ1) is 6.28. The van der Waals surface area contributed by atoms with Crippen LogP contribution in [0, 0.1) is 11.3 Å². The summed E-state index contributed by atoms with van der Waals surface area (Å²) in [6.45, 7) is 5.18. The molecule has 0 aliphatic rings. The summed E-state index contributed by atoms with van der Waals surface area (Å²) in [6.07, 6.45) is 1.28. The van der Waals surface area contributed by atoms with Gasteiger partial charge in [0.1, 0.15) is 0 Å². The maximum absolute atomic E-state index is 10.8. The number of hydrogen-bond acceptors (Lipinski definition) is 2. The Labute approximate surface area is 83.9 Å². The molecule has 0 heterocycles. The van der Waals surface area contributed by atoms with Crippen molar-refractivity contribution in [1.82, 2.24) is 0 Å². The lowest BCUT2D eigenvalue weighted by molar-refractivity contribution is -0.149. The fourth-order valence-corrected chi connectivity index (χ4v) is 1.13. The monoisotopic (exact) mass is 202 g/mol. The predicted octanol–water partition coefficient (Wildman–Crippen LogP) is 1.99. The standard InChI is InChI=1S/C10H18O4/c1-7(5-4-6-8(11)12)10(2,3)9(13)14/h7H,4-6H2,1-3H3,(H,11,12)(H,13,14). The highest BCUT2D eigenvalue weighted by molar-refractivity contribution is 5.73. The van der Waals surface area contributed by atoms with E-state index in [9.17, 15) is 9.59 Å². The molecule has 4 nitrogen and oxygen atoms in total. The van der Waals surface area contributed by atoms with Crippen molar-refractivity contribution in [3.05, 3.63) is 0 Å². The maximum atomic E-state index is 10.8. The third kappa shape index (κ3) is 3.77. The summed E-state index contributed by atoms with van der Waals surface area (Å²) >= 11 is 0. The second kappa shape index (κ2) is 4.98. The summed E-state index contributed by atoms with van der Waals surface area (Å²) < 4.78 is 0. The van der Waals surface area contributed by atoms with Crippen LogP contribution in [0.4, 0.5) is 0 Å². The van der Waals surface area contributed by atoms with E-state index in [0.717, 1.165) is 0 Å². The van der Waals surface area contributed by atoms with Crippen molar-refractivity contribution < 1.29 is 19.8 Å². The van der Waals surface area contributed by atoms with Gasteiger partial charge in [-0.15, -0.1) is 0 Å². The zero-order valence-electron chi connectivity index (χ0n) is 8.91. The molecule has 4 heteroatoms. The van der Waals surface area contributed by atoms with Gasteiger partial charge in [0, 0.05) is 6.42 Å². The van der Waals surface area contributed by atoms with Gasteiger partial charge < -0.3 is 10.2 Å². The van der Waals surface area contributed by atoms with Crippen molar-refractivity contribution in [3.8, 4) is 0 Å². The van der Waals surface area contributed by atoms with Crippen LogP contribution in [0.15, 0.2) is 0 Å². The number of carboxylic acid groups (broad SMARTS) is 2. The highest BCUT2D eigenvalue weighted by atomic mass is 16.4. The van der Waals surface area contributed by atoms with Crippen LogP contribution in [0.3, 0.4) is 0 Å². The molecule has 0 aliphatic heterocycles. The second-order valence-electron chi connectivity index (χ2n) is 4.21. The van der Waals surface area contributed by atoms with Crippen LogP contribution >= 0.6 is 0 Å². The van der Waals surface area contributed by atoms with E-state index in [1.807, 2.05) is 6.92 Å². The Kier molecular flexibility index (Phi) is 4.60. The topological polar surface area (TPSA) is 74.6 Å². The van der Waals surface area contributed by atoms with Gasteiger partial charge in [-0.2, -0.15) is 0 Å². The molecule has 1 unspecified atom stereocenters. The lowest BCUT2D eigenvalue weighted by Gasteiger charge is -2.26. The van der Waals surface area contributed by atoms with Crippen LogP contribution < -0.4 is 0 Å². The molecule has 14 heavy (non-hydrogen) atoms. The van der Waals surface area contributed by atoms with Gasteiger partial charge in [0.2, 0.25) is 0 Å². The average molecular weight is 202 g/mol. The molecule has 0 fully saturated rings. The van der Waals surface area contributed by atoms with Gasteiger partial charge in [-0.25, -0.2) is 0 Å². The largest absolute Gasteiger partial charge is 0.481 e. The van der Waals surface area contributed by atoms with Crippen molar-refractivity contribution >= 4 is 11.9 Å². The van der Waals surface area contributed by atoms with Gasteiger partial charge in [-0.05, 0) is 32.6 Å². The lowest BCUT2D eigenvalue weighted by Crippen LogP contribution is -2.31. The molecule has 0 aromatic heterocycles. The Hall–Kier alpha value is -1.06. The predicted molar refractivity (Wildman–Crippen MR) is 52.1 cm³/mol. The number of carbonyl (C=O) groups is 2. The van der Waals surface area contributed by atoms with Crippen LogP contribution in [-0.2, 0) is 9.59 Å². The smallest absolute Gasteiger partial charge is 0.309 e. The van der Waals surface area contributed by atoms with Crippen LogP contribution in [0.25, 0.3) is 0 Å².